The van der Waals surface area contributed by atoms with Crippen molar-refractivity contribution in [2.24, 2.45) is 0 Å². The van der Waals surface area contributed by atoms with Crippen LogP contribution in [-0.4, -0.2) is 31.7 Å². The second-order valence-corrected chi connectivity index (χ2v) is 5.06. The van der Waals surface area contributed by atoms with Gasteiger partial charge in [0.2, 0.25) is 5.16 Å². The van der Waals surface area contributed by atoms with Gasteiger partial charge in [-0.05, 0) is 12.5 Å². The van der Waals surface area contributed by atoms with E-state index in [9.17, 15) is 4.79 Å². The number of nitrogens with zero attached hydrogens (tertiary/aromatic N) is 3. The molecule has 0 unspecified atom stereocenters. The monoisotopic (exact) mass is 278 g/mol. The van der Waals surface area contributed by atoms with E-state index in [1.807, 2.05) is 25.1 Å². The number of aromatic nitrogens is 3. The molecule has 0 spiro atoms. The Hall–Kier alpha value is -2.02. The van der Waals surface area contributed by atoms with E-state index in [2.05, 4.69) is 16.3 Å². The first kappa shape index (κ1) is 13.4. The quantitative estimate of drug-likeness (QED) is 0.627. The first-order valence-corrected chi connectivity index (χ1v) is 6.64. The standard InChI is InChI=1S/C12H14N4O2S/c1-8-3-2-4-9(5-8)6-10-14-15-12(16(10)13)19-7-11(17)18/h2-5H,6-7,13H2,1H3,(H,17,18). The van der Waals surface area contributed by atoms with Crippen LogP contribution in [0, 0.1) is 6.92 Å². The van der Waals surface area contributed by atoms with Crippen molar-refractivity contribution < 1.29 is 9.90 Å². The fourth-order valence-electron chi connectivity index (χ4n) is 1.66. The highest BCUT2D eigenvalue weighted by Gasteiger charge is 2.12. The minimum atomic E-state index is -0.909. The summed E-state index contributed by atoms with van der Waals surface area (Å²) < 4.78 is 1.34. The number of benzene rings is 1. The molecule has 1 aromatic heterocycles. The fourth-order valence-corrected chi connectivity index (χ4v) is 2.25. The van der Waals surface area contributed by atoms with Gasteiger partial charge in [-0.3, -0.25) is 4.79 Å². The molecule has 0 amide bonds. The number of nitrogen functional groups attached to an aromatic ring is 1. The Balaban J connectivity index is 2.11. The van der Waals surface area contributed by atoms with Crippen LogP contribution in [0.5, 0.6) is 0 Å². The molecule has 7 heteroatoms. The van der Waals surface area contributed by atoms with Crippen LogP contribution in [0.4, 0.5) is 0 Å². The van der Waals surface area contributed by atoms with Crippen molar-refractivity contribution in [3.8, 4) is 0 Å². The molecule has 0 saturated carbocycles. The van der Waals surface area contributed by atoms with Crippen LogP contribution in [0.15, 0.2) is 29.4 Å². The summed E-state index contributed by atoms with van der Waals surface area (Å²) in [6.07, 6.45) is 0.568. The molecule has 0 aliphatic carbocycles. The first-order chi connectivity index (χ1) is 9.06. The predicted molar refractivity (Wildman–Crippen MR) is 72.5 cm³/mol. The number of carboxylic acids is 1. The van der Waals surface area contributed by atoms with Crippen molar-refractivity contribution in [3.05, 3.63) is 41.2 Å². The van der Waals surface area contributed by atoms with Crippen LogP contribution in [0.25, 0.3) is 0 Å². The minimum absolute atomic E-state index is 0.0836. The Labute approximate surface area is 114 Å². The summed E-state index contributed by atoms with van der Waals surface area (Å²) in [6.45, 7) is 2.02. The van der Waals surface area contributed by atoms with Gasteiger partial charge in [0.15, 0.2) is 5.82 Å². The van der Waals surface area contributed by atoms with Crippen LogP contribution in [-0.2, 0) is 11.2 Å². The maximum absolute atomic E-state index is 10.5. The molecule has 0 fully saturated rings. The lowest BCUT2D eigenvalue weighted by atomic mass is 10.1. The molecule has 0 atom stereocenters. The van der Waals surface area contributed by atoms with Crippen molar-refractivity contribution in [1.82, 2.24) is 14.9 Å². The van der Waals surface area contributed by atoms with Gasteiger partial charge in [0, 0.05) is 6.42 Å². The number of nitrogens with two attached hydrogens (primary N) is 1. The minimum Gasteiger partial charge on any atom is -0.481 e. The molecule has 0 aliphatic rings. The highest BCUT2D eigenvalue weighted by atomic mass is 32.2. The number of carboxylic acid groups (broad SMARTS) is 1. The van der Waals surface area contributed by atoms with E-state index in [0.29, 0.717) is 17.4 Å². The number of aliphatic carboxylic acids is 1. The van der Waals surface area contributed by atoms with Crippen LogP contribution in [0.3, 0.4) is 0 Å². The van der Waals surface area contributed by atoms with Gasteiger partial charge in [0.1, 0.15) is 0 Å². The smallest absolute Gasteiger partial charge is 0.313 e. The highest BCUT2D eigenvalue weighted by molar-refractivity contribution is 7.99. The first-order valence-electron chi connectivity index (χ1n) is 5.66. The van der Waals surface area contributed by atoms with Crippen molar-refractivity contribution in [2.75, 3.05) is 11.6 Å². The molecule has 2 aromatic rings. The zero-order chi connectivity index (χ0) is 13.8. The number of hydrogen-bond acceptors (Lipinski definition) is 5. The highest BCUT2D eigenvalue weighted by Crippen LogP contribution is 2.16. The lowest BCUT2D eigenvalue weighted by molar-refractivity contribution is -0.133. The average Bonchev–Trinajstić information content (AvgIpc) is 2.68. The Morgan fingerprint density at radius 2 is 2.26 bits per heavy atom. The van der Waals surface area contributed by atoms with Crippen LogP contribution in [0.2, 0.25) is 0 Å². The number of thioether (sulfide) groups is 1. The van der Waals surface area contributed by atoms with E-state index in [4.69, 9.17) is 10.9 Å². The Morgan fingerprint density at radius 3 is 2.95 bits per heavy atom. The molecule has 1 aromatic carbocycles. The van der Waals surface area contributed by atoms with E-state index >= 15 is 0 Å². The summed E-state index contributed by atoms with van der Waals surface area (Å²) in [5.41, 5.74) is 2.26. The fraction of sp³-hybridized carbons (Fsp3) is 0.250. The van der Waals surface area contributed by atoms with Gasteiger partial charge in [0.05, 0.1) is 5.75 Å². The van der Waals surface area contributed by atoms with Gasteiger partial charge in [-0.2, -0.15) is 0 Å². The molecule has 0 saturated heterocycles. The predicted octanol–water partition coefficient (Wildman–Crippen LogP) is 1.07. The van der Waals surface area contributed by atoms with Gasteiger partial charge >= 0.3 is 5.97 Å². The molecule has 0 aliphatic heterocycles. The summed E-state index contributed by atoms with van der Waals surface area (Å²) in [5.74, 6) is 5.47. The van der Waals surface area contributed by atoms with Crippen molar-refractivity contribution in [2.45, 2.75) is 18.5 Å². The molecule has 1 heterocycles. The normalized spacial score (nSPS) is 10.6. The summed E-state index contributed by atoms with van der Waals surface area (Å²) in [7, 11) is 0. The molecule has 100 valence electrons. The van der Waals surface area contributed by atoms with Crippen LogP contribution >= 0.6 is 11.8 Å². The topological polar surface area (TPSA) is 94.0 Å². The summed E-state index contributed by atoms with van der Waals surface area (Å²) >= 11 is 1.05. The summed E-state index contributed by atoms with van der Waals surface area (Å²) in [6, 6.07) is 8.04. The Bertz CT molecular complexity index is 597. The van der Waals surface area contributed by atoms with E-state index in [1.54, 1.807) is 0 Å². The number of rotatable bonds is 5. The molecule has 0 bridgehead atoms. The van der Waals surface area contributed by atoms with Crippen LogP contribution in [0.1, 0.15) is 17.0 Å². The maximum Gasteiger partial charge on any atom is 0.313 e. The van der Waals surface area contributed by atoms with Crippen molar-refractivity contribution >= 4 is 17.7 Å². The van der Waals surface area contributed by atoms with Crippen molar-refractivity contribution in [3.63, 3.8) is 0 Å². The SMILES string of the molecule is Cc1cccc(Cc2nnc(SCC(=O)O)n2N)c1. The van der Waals surface area contributed by atoms with Crippen molar-refractivity contribution in [1.29, 1.82) is 0 Å². The van der Waals surface area contributed by atoms with E-state index in [-0.39, 0.29) is 5.75 Å². The van der Waals surface area contributed by atoms with E-state index < -0.39 is 5.97 Å². The average molecular weight is 278 g/mol. The Kier molecular flexibility index (Phi) is 4.06. The molecular formula is C12H14N4O2S. The zero-order valence-corrected chi connectivity index (χ0v) is 11.2. The third-order valence-electron chi connectivity index (χ3n) is 2.50. The Morgan fingerprint density at radius 1 is 1.47 bits per heavy atom. The lowest BCUT2D eigenvalue weighted by Gasteiger charge is -2.03. The number of hydrogen-bond donors (Lipinski definition) is 2. The van der Waals surface area contributed by atoms with E-state index in [1.165, 1.54) is 10.2 Å². The molecule has 3 N–H and O–H groups in total. The largest absolute Gasteiger partial charge is 0.481 e. The summed E-state index contributed by atoms with van der Waals surface area (Å²) in [4.78, 5) is 10.5. The van der Waals surface area contributed by atoms with Gasteiger partial charge in [-0.1, -0.05) is 41.6 Å². The lowest BCUT2D eigenvalue weighted by Crippen LogP contribution is -2.15. The van der Waals surface area contributed by atoms with Gasteiger partial charge in [0.25, 0.3) is 0 Å². The van der Waals surface area contributed by atoms with Gasteiger partial charge in [-0.15, -0.1) is 10.2 Å². The molecule has 6 nitrogen and oxygen atoms in total. The molecule has 0 radical (unpaired) electrons. The number of carbonyl (C=O) groups is 1. The zero-order valence-electron chi connectivity index (χ0n) is 10.4. The molecule has 19 heavy (non-hydrogen) atoms. The van der Waals surface area contributed by atoms with Crippen LogP contribution < -0.4 is 5.84 Å². The maximum atomic E-state index is 10.5. The number of aryl methyl sites for hydroxylation is 1. The summed E-state index contributed by atoms with van der Waals surface area (Å²) in [5, 5.41) is 16.9. The van der Waals surface area contributed by atoms with Gasteiger partial charge in [-0.25, -0.2) is 4.68 Å². The third-order valence-corrected chi connectivity index (χ3v) is 3.43. The molecular weight excluding hydrogens is 264 g/mol. The van der Waals surface area contributed by atoms with Gasteiger partial charge < -0.3 is 10.9 Å². The second kappa shape index (κ2) is 5.75. The molecule has 2 rings (SSSR count). The second-order valence-electron chi connectivity index (χ2n) is 4.12. The third kappa shape index (κ3) is 3.47. The van der Waals surface area contributed by atoms with E-state index in [0.717, 1.165) is 17.3 Å².